The van der Waals surface area contributed by atoms with Gasteiger partial charge in [-0.2, -0.15) is 0 Å². The van der Waals surface area contributed by atoms with E-state index in [1.165, 1.54) is 16.7 Å². The zero-order valence-corrected chi connectivity index (χ0v) is 15.0. The van der Waals surface area contributed by atoms with Crippen LogP contribution in [0, 0.1) is 0 Å². The summed E-state index contributed by atoms with van der Waals surface area (Å²) < 4.78 is 6.08. The molecule has 0 spiro atoms. The quantitative estimate of drug-likeness (QED) is 0.808. The van der Waals surface area contributed by atoms with E-state index < -0.39 is 0 Å². The Hall–Kier alpha value is -1.22. The van der Waals surface area contributed by atoms with Crippen molar-refractivity contribution in [3.63, 3.8) is 0 Å². The smallest absolute Gasteiger partial charge is 0.122 e. The molecule has 2 aromatic rings. The average Bonchev–Trinajstić information content (AvgIpc) is 2.74. The van der Waals surface area contributed by atoms with Gasteiger partial charge in [0, 0.05) is 30.1 Å². The van der Waals surface area contributed by atoms with Crippen molar-refractivity contribution >= 4 is 24.0 Å². The van der Waals surface area contributed by atoms with Gasteiger partial charge in [0.25, 0.3) is 0 Å². The van der Waals surface area contributed by atoms with Crippen LogP contribution in [0.4, 0.5) is 0 Å². The Labute approximate surface area is 149 Å². The number of fused-ring (bicyclic) bond motifs is 1. The van der Waals surface area contributed by atoms with Gasteiger partial charge in [0.15, 0.2) is 0 Å². The summed E-state index contributed by atoms with van der Waals surface area (Å²) in [5.74, 6) is 1.01. The highest BCUT2D eigenvalue weighted by atomic mass is 35.5. The second-order valence-corrected chi connectivity index (χ2v) is 6.30. The van der Waals surface area contributed by atoms with Gasteiger partial charge >= 0.3 is 0 Å². The minimum atomic E-state index is 0. The van der Waals surface area contributed by atoms with Crippen LogP contribution in [0.15, 0.2) is 42.5 Å². The van der Waals surface area contributed by atoms with Crippen molar-refractivity contribution in [3.05, 3.63) is 64.2 Å². The summed E-state index contributed by atoms with van der Waals surface area (Å²) in [6.07, 6.45) is 2.94. The minimum Gasteiger partial charge on any atom is -0.493 e. The fourth-order valence-corrected chi connectivity index (χ4v) is 3.23. The third kappa shape index (κ3) is 4.63. The first-order valence-corrected chi connectivity index (χ1v) is 8.27. The Balaban J connectivity index is 0.00000192. The molecule has 0 radical (unpaired) electrons. The Morgan fingerprint density at radius 3 is 2.43 bits per heavy atom. The molecule has 0 amide bonds. The maximum atomic E-state index is 6.39. The largest absolute Gasteiger partial charge is 0.493 e. The zero-order chi connectivity index (χ0) is 15.4. The van der Waals surface area contributed by atoms with E-state index in [0.29, 0.717) is 6.61 Å². The van der Waals surface area contributed by atoms with Gasteiger partial charge in [-0.05, 0) is 43.1 Å². The van der Waals surface area contributed by atoms with Crippen molar-refractivity contribution in [2.75, 3.05) is 26.7 Å². The third-order valence-electron chi connectivity index (χ3n) is 4.31. The maximum absolute atomic E-state index is 6.39. The lowest BCUT2D eigenvalue weighted by molar-refractivity contribution is 0.316. The molecule has 0 atom stereocenters. The Bertz CT molecular complexity index is 631. The van der Waals surface area contributed by atoms with Gasteiger partial charge in [-0.15, -0.1) is 12.4 Å². The van der Waals surface area contributed by atoms with E-state index in [0.717, 1.165) is 43.1 Å². The van der Waals surface area contributed by atoms with Crippen LogP contribution in [0.2, 0.25) is 5.02 Å². The Morgan fingerprint density at radius 2 is 1.70 bits per heavy atom. The van der Waals surface area contributed by atoms with Crippen LogP contribution in [0.25, 0.3) is 0 Å². The van der Waals surface area contributed by atoms with E-state index in [1.807, 2.05) is 18.2 Å². The standard InChI is InChI=1S/C19H22ClNO.ClH/c1-21-12-9-16-17(10-13-21)19(8-7-18(16)20)22-14-11-15-5-3-2-4-6-15;/h2-8H,9-14H2,1H3;1H. The molecular formula is C19H23Cl2NO. The number of likely N-dealkylation sites (N-methyl/N-ethyl adjacent to an activating group) is 1. The van der Waals surface area contributed by atoms with Crippen LogP contribution < -0.4 is 4.74 Å². The first-order valence-electron chi connectivity index (χ1n) is 7.89. The second-order valence-electron chi connectivity index (χ2n) is 5.89. The first kappa shape index (κ1) is 18.1. The van der Waals surface area contributed by atoms with Crippen LogP contribution in [-0.4, -0.2) is 31.6 Å². The molecule has 2 nitrogen and oxygen atoms in total. The van der Waals surface area contributed by atoms with Crippen LogP contribution >= 0.6 is 24.0 Å². The predicted octanol–water partition coefficient (Wildman–Crippen LogP) is 4.41. The molecule has 1 aliphatic heterocycles. The number of halogens is 2. The van der Waals surface area contributed by atoms with E-state index in [4.69, 9.17) is 16.3 Å². The maximum Gasteiger partial charge on any atom is 0.122 e. The van der Waals surface area contributed by atoms with E-state index in [-0.39, 0.29) is 12.4 Å². The van der Waals surface area contributed by atoms with Crippen LogP contribution in [0.5, 0.6) is 5.75 Å². The van der Waals surface area contributed by atoms with Gasteiger partial charge in [-0.3, -0.25) is 0 Å². The molecule has 0 bridgehead atoms. The lowest BCUT2D eigenvalue weighted by Gasteiger charge is -2.15. The zero-order valence-electron chi connectivity index (χ0n) is 13.4. The van der Waals surface area contributed by atoms with Gasteiger partial charge in [0.2, 0.25) is 0 Å². The fourth-order valence-electron chi connectivity index (χ4n) is 2.96. The number of nitrogens with zero attached hydrogens (tertiary/aromatic N) is 1. The van der Waals surface area contributed by atoms with E-state index in [9.17, 15) is 0 Å². The highest BCUT2D eigenvalue weighted by Gasteiger charge is 2.18. The van der Waals surface area contributed by atoms with Gasteiger partial charge < -0.3 is 9.64 Å². The molecule has 23 heavy (non-hydrogen) atoms. The normalized spacial score (nSPS) is 14.5. The molecule has 0 aliphatic carbocycles. The molecule has 0 N–H and O–H groups in total. The van der Waals surface area contributed by atoms with Crippen LogP contribution in [0.3, 0.4) is 0 Å². The Morgan fingerprint density at radius 1 is 1.00 bits per heavy atom. The number of hydrogen-bond acceptors (Lipinski definition) is 2. The summed E-state index contributed by atoms with van der Waals surface area (Å²) >= 11 is 6.39. The first-order chi connectivity index (χ1) is 10.7. The fraction of sp³-hybridized carbons (Fsp3) is 0.368. The van der Waals surface area contributed by atoms with Crippen LogP contribution in [-0.2, 0) is 19.3 Å². The molecule has 124 valence electrons. The third-order valence-corrected chi connectivity index (χ3v) is 4.66. The van der Waals surface area contributed by atoms with Gasteiger partial charge in [0.1, 0.15) is 5.75 Å². The predicted molar refractivity (Wildman–Crippen MR) is 99.2 cm³/mol. The summed E-state index contributed by atoms with van der Waals surface area (Å²) in [4.78, 5) is 2.35. The summed E-state index contributed by atoms with van der Waals surface area (Å²) in [6.45, 7) is 2.82. The molecule has 0 aromatic heterocycles. The molecular weight excluding hydrogens is 329 g/mol. The number of ether oxygens (including phenoxy) is 1. The molecule has 3 rings (SSSR count). The van der Waals surface area contributed by atoms with Crippen molar-refractivity contribution in [3.8, 4) is 5.75 Å². The molecule has 0 saturated carbocycles. The molecule has 0 unspecified atom stereocenters. The summed E-state index contributed by atoms with van der Waals surface area (Å²) in [6, 6.07) is 14.5. The average molecular weight is 352 g/mol. The van der Waals surface area contributed by atoms with E-state index >= 15 is 0 Å². The highest BCUT2D eigenvalue weighted by Crippen LogP contribution is 2.31. The van der Waals surface area contributed by atoms with E-state index in [1.54, 1.807) is 0 Å². The molecule has 1 heterocycles. The van der Waals surface area contributed by atoms with Gasteiger partial charge in [-0.25, -0.2) is 0 Å². The Kier molecular flexibility index (Phi) is 6.76. The summed E-state index contributed by atoms with van der Waals surface area (Å²) in [5.41, 5.74) is 3.87. The SMILES string of the molecule is CN1CCc2c(Cl)ccc(OCCc3ccccc3)c2CC1.Cl. The minimum absolute atomic E-state index is 0. The summed E-state index contributed by atoms with van der Waals surface area (Å²) in [5, 5.41) is 0.876. The molecule has 0 fully saturated rings. The number of hydrogen-bond donors (Lipinski definition) is 0. The van der Waals surface area contributed by atoms with Crippen molar-refractivity contribution in [2.24, 2.45) is 0 Å². The lowest BCUT2D eigenvalue weighted by Crippen LogP contribution is -2.20. The van der Waals surface area contributed by atoms with Crippen molar-refractivity contribution in [1.82, 2.24) is 4.90 Å². The lowest BCUT2D eigenvalue weighted by atomic mass is 10.0. The molecule has 0 saturated heterocycles. The monoisotopic (exact) mass is 351 g/mol. The molecule has 4 heteroatoms. The van der Waals surface area contributed by atoms with Crippen molar-refractivity contribution in [2.45, 2.75) is 19.3 Å². The molecule has 1 aliphatic rings. The van der Waals surface area contributed by atoms with Gasteiger partial charge in [-0.1, -0.05) is 41.9 Å². The number of benzene rings is 2. The van der Waals surface area contributed by atoms with Crippen molar-refractivity contribution in [1.29, 1.82) is 0 Å². The summed E-state index contributed by atoms with van der Waals surface area (Å²) in [7, 11) is 2.16. The molecule has 2 aromatic carbocycles. The van der Waals surface area contributed by atoms with Gasteiger partial charge in [0.05, 0.1) is 6.61 Å². The second kappa shape index (κ2) is 8.58. The van der Waals surface area contributed by atoms with Crippen LogP contribution in [0.1, 0.15) is 16.7 Å². The highest BCUT2D eigenvalue weighted by molar-refractivity contribution is 6.31. The van der Waals surface area contributed by atoms with Crippen molar-refractivity contribution < 1.29 is 4.74 Å². The number of rotatable bonds is 4. The van der Waals surface area contributed by atoms with E-state index in [2.05, 4.69) is 36.2 Å². The topological polar surface area (TPSA) is 12.5 Å².